The van der Waals surface area contributed by atoms with Crippen LogP contribution in [0.15, 0.2) is 52.1 Å². The molecular formula is C21H16ClN3O4S. The van der Waals surface area contributed by atoms with Gasteiger partial charge in [0.2, 0.25) is 4.96 Å². The largest absolute Gasteiger partial charge is 0.493 e. The highest BCUT2D eigenvalue weighted by Gasteiger charge is 2.13. The number of nitrogens with zero attached hydrogens (tertiary/aromatic N) is 3. The molecule has 152 valence electrons. The van der Waals surface area contributed by atoms with E-state index in [1.54, 1.807) is 49.6 Å². The molecule has 9 heteroatoms. The Bertz CT molecular complexity index is 1400. The van der Waals surface area contributed by atoms with Crippen molar-refractivity contribution in [1.82, 2.24) is 14.6 Å². The lowest BCUT2D eigenvalue weighted by molar-refractivity contribution is 0.354. The Balaban J connectivity index is 1.82. The number of aromatic nitrogens is 3. The molecule has 0 atom stereocenters. The van der Waals surface area contributed by atoms with Gasteiger partial charge in [0, 0.05) is 17.0 Å². The van der Waals surface area contributed by atoms with Crippen LogP contribution in [0.5, 0.6) is 11.5 Å². The molecule has 4 aromatic rings. The molecule has 0 saturated heterocycles. The summed E-state index contributed by atoms with van der Waals surface area (Å²) in [5.74, 6) is 1.06. The predicted octanol–water partition coefficient (Wildman–Crippen LogP) is 2.32. The van der Waals surface area contributed by atoms with Crippen molar-refractivity contribution in [3.63, 3.8) is 0 Å². The van der Waals surface area contributed by atoms with Gasteiger partial charge in [-0.1, -0.05) is 47.2 Å². The standard InChI is InChI=1S/C21H16ClN3O4S/c1-28-16-5-3-4-13(18(16)29-2)11-17-20(27)25-21(30-17)23-19(26)15(24-25)10-12-6-8-14(22)9-7-12/h3-9,11H,10H2,1-2H3/b17-11-. The Hall–Kier alpha value is -3.23. The number of hydrogen-bond acceptors (Lipinski definition) is 7. The summed E-state index contributed by atoms with van der Waals surface area (Å²) >= 11 is 6.99. The van der Waals surface area contributed by atoms with Crippen LogP contribution >= 0.6 is 22.9 Å². The lowest BCUT2D eigenvalue weighted by Gasteiger charge is -2.09. The first-order valence-electron chi connectivity index (χ1n) is 8.90. The van der Waals surface area contributed by atoms with E-state index in [2.05, 4.69) is 10.1 Å². The Morgan fingerprint density at radius 2 is 1.87 bits per heavy atom. The van der Waals surface area contributed by atoms with Gasteiger partial charge >= 0.3 is 0 Å². The summed E-state index contributed by atoms with van der Waals surface area (Å²) in [5, 5.41) is 4.86. The maximum absolute atomic E-state index is 12.9. The molecule has 0 amide bonds. The van der Waals surface area contributed by atoms with Crippen molar-refractivity contribution in [2.45, 2.75) is 6.42 Å². The van der Waals surface area contributed by atoms with Gasteiger partial charge in [-0.15, -0.1) is 0 Å². The van der Waals surface area contributed by atoms with Crippen molar-refractivity contribution in [2.75, 3.05) is 14.2 Å². The molecule has 30 heavy (non-hydrogen) atoms. The first-order chi connectivity index (χ1) is 14.5. The molecule has 7 nitrogen and oxygen atoms in total. The second-order valence-electron chi connectivity index (χ2n) is 6.36. The number of hydrogen-bond donors (Lipinski definition) is 0. The van der Waals surface area contributed by atoms with Crippen LogP contribution < -0.4 is 25.1 Å². The molecular weight excluding hydrogens is 426 g/mol. The van der Waals surface area contributed by atoms with Gasteiger partial charge in [0.25, 0.3) is 11.1 Å². The maximum atomic E-state index is 12.9. The minimum Gasteiger partial charge on any atom is -0.493 e. The average Bonchev–Trinajstić information content (AvgIpc) is 3.04. The van der Waals surface area contributed by atoms with Gasteiger partial charge in [-0.3, -0.25) is 9.59 Å². The van der Waals surface area contributed by atoms with E-state index in [0.29, 0.717) is 26.6 Å². The molecule has 0 fully saturated rings. The number of halogens is 1. The monoisotopic (exact) mass is 441 g/mol. The first kappa shape index (κ1) is 20.1. The third-order valence-corrected chi connectivity index (χ3v) is 5.67. The highest BCUT2D eigenvalue weighted by molar-refractivity contribution is 7.15. The van der Waals surface area contributed by atoms with E-state index < -0.39 is 5.56 Å². The lowest BCUT2D eigenvalue weighted by atomic mass is 10.1. The van der Waals surface area contributed by atoms with Crippen LogP contribution in [0.2, 0.25) is 5.02 Å². The van der Waals surface area contributed by atoms with Crippen LogP contribution in [0, 0.1) is 0 Å². The van der Waals surface area contributed by atoms with E-state index >= 15 is 0 Å². The van der Waals surface area contributed by atoms with Crippen LogP contribution in [0.1, 0.15) is 16.8 Å². The summed E-state index contributed by atoms with van der Waals surface area (Å²) < 4.78 is 12.3. The van der Waals surface area contributed by atoms with Crippen LogP contribution in [0.25, 0.3) is 11.0 Å². The Labute approximate surface area is 179 Å². The van der Waals surface area contributed by atoms with E-state index in [1.165, 1.54) is 7.11 Å². The minimum atomic E-state index is -0.461. The second-order valence-corrected chi connectivity index (χ2v) is 7.81. The van der Waals surface area contributed by atoms with Crippen molar-refractivity contribution in [3.8, 4) is 11.5 Å². The molecule has 0 radical (unpaired) electrons. The van der Waals surface area contributed by atoms with E-state index in [-0.39, 0.29) is 22.6 Å². The number of thiazole rings is 1. The van der Waals surface area contributed by atoms with Gasteiger partial charge in [-0.25, -0.2) is 0 Å². The lowest BCUT2D eigenvalue weighted by Crippen LogP contribution is -2.28. The number of benzene rings is 2. The van der Waals surface area contributed by atoms with E-state index in [9.17, 15) is 9.59 Å². The molecule has 0 bridgehead atoms. The molecule has 4 rings (SSSR count). The Morgan fingerprint density at radius 3 is 2.57 bits per heavy atom. The zero-order valence-electron chi connectivity index (χ0n) is 16.1. The summed E-state index contributed by atoms with van der Waals surface area (Å²) in [5.41, 5.74) is 0.892. The molecule has 2 heterocycles. The van der Waals surface area contributed by atoms with Gasteiger partial charge in [-0.2, -0.15) is 14.6 Å². The fourth-order valence-corrected chi connectivity index (χ4v) is 4.04. The highest BCUT2D eigenvalue weighted by atomic mass is 35.5. The number of fused-ring (bicyclic) bond motifs is 1. The summed E-state index contributed by atoms with van der Waals surface area (Å²) in [6.07, 6.45) is 1.93. The minimum absolute atomic E-state index is 0.190. The van der Waals surface area contributed by atoms with Crippen molar-refractivity contribution in [1.29, 1.82) is 0 Å². The highest BCUT2D eigenvalue weighted by Crippen LogP contribution is 2.31. The van der Waals surface area contributed by atoms with Crippen LogP contribution in [-0.2, 0) is 6.42 Å². The summed E-state index contributed by atoms with van der Waals surface area (Å²) in [4.78, 5) is 29.6. The molecule has 2 aromatic heterocycles. The van der Waals surface area contributed by atoms with Crippen LogP contribution in [0.3, 0.4) is 0 Å². The quantitative estimate of drug-likeness (QED) is 0.472. The number of methoxy groups -OCH3 is 2. The molecule has 0 spiro atoms. The Kier molecular flexibility index (Phi) is 5.52. The third-order valence-electron chi connectivity index (χ3n) is 4.46. The van der Waals surface area contributed by atoms with Gasteiger partial charge in [0.15, 0.2) is 11.5 Å². The van der Waals surface area contributed by atoms with Crippen molar-refractivity contribution in [3.05, 3.63) is 89.5 Å². The zero-order valence-corrected chi connectivity index (χ0v) is 17.7. The van der Waals surface area contributed by atoms with Crippen molar-refractivity contribution in [2.24, 2.45) is 0 Å². The van der Waals surface area contributed by atoms with E-state index in [4.69, 9.17) is 21.1 Å². The molecule has 0 saturated carbocycles. The molecule has 0 aliphatic rings. The van der Waals surface area contributed by atoms with Gasteiger partial charge in [0.1, 0.15) is 5.69 Å². The molecule has 0 aliphatic heterocycles. The Morgan fingerprint density at radius 1 is 1.10 bits per heavy atom. The summed E-state index contributed by atoms with van der Waals surface area (Å²) in [7, 11) is 3.07. The van der Waals surface area contributed by atoms with Crippen molar-refractivity contribution >= 4 is 34.0 Å². The SMILES string of the molecule is COc1cccc(/C=c2\sc3nc(=O)c(Cc4ccc(Cl)cc4)nn3c2=O)c1OC. The van der Waals surface area contributed by atoms with E-state index in [0.717, 1.165) is 21.4 Å². The van der Waals surface area contributed by atoms with E-state index in [1.807, 2.05) is 6.07 Å². The molecule has 0 N–H and O–H groups in total. The summed E-state index contributed by atoms with van der Waals surface area (Å²) in [6, 6.07) is 12.5. The fourth-order valence-electron chi connectivity index (χ4n) is 3.01. The smallest absolute Gasteiger partial charge is 0.296 e. The predicted molar refractivity (Wildman–Crippen MR) is 116 cm³/mol. The second kappa shape index (κ2) is 8.25. The normalized spacial score (nSPS) is 11.8. The molecule has 0 unspecified atom stereocenters. The summed E-state index contributed by atoms with van der Waals surface area (Å²) in [6.45, 7) is 0. The van der Waals surface area contributed by atoms with Crippen molar-refractivity contribution < 1.29 is 9.47 Å². The number of rotatable bonds is 5. The van der Waals surface area contributed by atoms with Gasteiger partial charge in [-0.05, 0) is 29.8 Å². The number of para-hydroxylation sites is 1. The average molecular weight is 442 g/mol. The zero-order chi connectivity index (χ0) is 21.3. The van der Waals surface area contributed by atoms with Gasteiger partial charge in [0.05, 0.1) is 18.8 Å². The van der Waals surface area contributed by atoms with Crippen LogP contribution in [-0.4, -0.2) is 28.8 Å². The third kappa shape index (κ3) is 3.79. The van der Waals surface area contributed by atoms with Gasteiger partial charge < -0.3 is 9.47 Å². The number of ether oxygens (including phenoxy) is 2. The molecule has 2 aromatic carbocycles. The maximum Gasteiger partial charge on any atom is 0.296 e. The molecule has 0 aliphatic carbocycles. The first-order valence-corrected chi connectivity index (χ1v) is 10.1. The fraction of sp³-hybridized carbons (Fsp3) is 0.143. The van der Waals surface area contributed by atoms with Crippen LogP contribution in [0.4, 0.5) is 0 Å². The topological polar surface area (TPSA) is 82.8 Å².